The number of hydrogen-bond acceptors (Lipinski definition) is 7. The van der Waals surface area contributed by atoms with Gasteiger partial charge in [-0.05, 0) is 32.9 Å². The van der Waals surface area contributed by atoms with Gasteiger partial charge in [0.25, 0.3) is 0 Å². The highest BCUT2D eigenvalue weighted by Crippen LogP contribution is 2.31. The summed E-state index contributed by atoms with van der Waals surface area (Å²) in [7, 11) is -3.49. The number of thiazole rings is 1. The van der Waals surface area contributed by atoms with E-state index in [0.717, 1.165) is 11.3 Å². The van der Waals surface area contributed by atoms with Crippen LogP contribution in [0.15, 0.2) is 42.0 Å². The number of amides is 1. The van der Waals surface area contributed by atoms with Crippen LogP contribution < -0.4 is 10.0 Å². The molecule has 0 aliphatic heterocycles. The Morgan fingerprint density at radius 1 is 1.06 bits per heavy atom. The average molecular weight is 500 g/mol. The molecule has 1 amide bonds. The first-order chi connectivity index (χ1) is 15.3. The van der Waals surface area contributed by atoms with Crippen LogP contribution in [0.5, 0.6) is 0 Å². The molecule has 0 spiro atoms. The Morgan fingerprint density at radius 3 is 2.33 bits per heavy atom. The minimum atomic E-state index is -4.60. The van der Waals surface area contributed by atoms with Crippen LogP contribution in [0.4, 0.5) is 24.0 Å². The molecule has 0 unspecified atom stereocenters. The fourth-order valence-electron chi connectivity index (χ4n) is 2.58. The number of sulfonamides is 1. The van der Waals surface area contributed by atoms with Crippen molar-refractivity contribution in [2.75, 3.05) is 15.8 Å². The third kappa shape index (κ3) is 5.85. The molecule has 2 N–H and O–H groups in total. The molecule has 2 aromatic heterocycles. The molecule has 0 atom stereocenters. The zero-order valence-corrected chi connectivity index (χ0v) is 19.4. The number of hydrogen-bond donors (Lipinski definition) is 2. The summed E-state index contributed by atoms with van der Waals surface area (Å²) in [4.78, 5) is 24.3. The molecular weight excluding hydrogens is 479 g/mol. The number of nitrogens with one attached hydrogen (secondary N) is 2. The second-order valence-corrected chi connectivity index (χ2v) is 10.4. The monoisotopic (exact) mass is 499 g/mol. The van der Waals surface area contributed by atoms with Crippen molar-refractivity contribution in [3.8, 4) is 11.3 Å². The van der Waals surface area contributed by atoms with Crippen LogP contribution in [0, 0.1) is 0 Å². The van der Waals surface area contributed by atoms with Gasteiger partial charge in [-0.3, -0.25) is 14.5 Å². The van der Waals surface area contributed by atoms with Gasteiger partial charge in [0.05, 0.1) is 34.9 Å². The maximum Gasteiger partial charge on any atom is 0.434 e. The van der Waals surface area contributed by atoms with Gasteiger partial charge in [0, 0.05) is 16.6 Å². The van der Waals surface area contributed by atoms with Crippen molar-refractivity contribution in [3.05, 3.63) is 53.4 Å². The molecule has 0 aliphatic rings. The minimum Gasteiger partial charge on any atom is -0.325 e. The highest BCUT2D eigenvalue weighted by atomic mass is 32.2. The van der Waals surface area contributed by atoms with Gasteiger partial charge in [0.15, 0.2) is 10.8 Å². The highest BCUT2D eigenvalue weighted by molar-refractivity contribution is 7.92. The third-order valence-corrected chi connectivity index (χ3v) is 6.85. The third-order valence-electron chi connectivity index (χ3n) is 4.70. The van der Waals surface area contributed by atoms with Crippen molar-refractivity contribution in [1.29, 1.82) is 0 Å². The summed E-state index contributed by atoms with van der Waals surface area (Å²) < 4.78 is 64.3. The van der Waals surface area contributed by atoms with Crippen LogP contribution in [0.25, 0.3) is 11.3 Å². The quantitative estimate of drug-likeness (QED) is 0.501. The van der Waals surface area contributed by atoms with Crippen molar-refractivity contribution < 1.29 is 26.4 Å². The van der Waals surface area contributed by atoms with E-state index in [0.29, 0.717) is 23.1 Å². The number of aromatic nitrogens is 3. The van der Waals surface area contributed by atoms with E-state index in [4.69, 9.17) is 0 Å². The molecule has 0 radical (unpaired) electrons. The van der Waals surface area contributed by atoms with Gasteiger partial charge in [0.1, 0.15) is 0 Å². The number of carbonyl (C=O) groups is 1. The van der Waals surface area contributed by atoms with E-state index in [1.807, 2.05) is 0 Å². The summed E-state index contributed by atoms with van der Waals surface area (Å²) in [6.45, 7) is 4.78. The predicted octanol–water partition coefficient (Wildman–Crippen LogP) is 4.30. The van der Waals surface area contributed by atoms with Gasteiger partial charge in [-0.1, -0.05) is 12.1 Å². The first kappa shape index (κ1) is 24.6. The van der Waals surface area contributed by atoms with E-state index in [9.17, 15) is 26.4 Å². The second kappa shape index (κ2) is 9.06. The van der Waals surface area contributed by atoms with Gasteiger partial charge < -0.3 is 5.32 Å². The maximum absolute atomic E-state index is 12.9. The Labute approximate surface area is 192 Å². The van der Waals surface area contributed by atoms with Crippen molar-refractivity contribution >= 4 is 38.1 Å². The standard InChI is InChI=1S/C20H20F3N5O3S2/c1-4-33(30,31)28-18-27-16(11-32-18)19(2,3)17(29)25-13-7-5-12(6-8-13)14-9-24-10-15(26-14)20(21,22)23/h5-11H,4H2,1-3H3,(H,25,29)(H,27,28). The van der Waals surface area contributed by atoms with E-state index in [2.05, 4.69) is 25.0 Å². The van der Waals surface area contributed by atoms with Crippen molar-refractivity contribution in [2.45, 2.75) is 32.4 Å². The smallest absolute Gasteiger partial charge is 0.325 e. The largest absolute Gasteiger partial charge is 0.434 e. The van der Waals surface area contributed by atoms with Gasteiger partial charge in [-0.15, -0.1) is 11.3 Å². The summed E-state index contributed by atoms with van der Waals surface area (Å²) in [5.74, 6) is -0.502. The Bertz CT molecular complexity index is 1260. The topological polar surface area (TPSA) is 114 Å². The Morgan fingerprint density at radius 2 is 1.73 bits per heavy atom. The SMILES string of the molecule is CCS(=O)(=O)Nc1nc(C(C)(C)C(=O)Nc2ccc(-c3cncc(C(F)(F)F)n3)cc2)cs1. The first-order valence-corrected chi connectivity index (χ1v) is 12.1. The first-order valence-electron chi connectivity index (χ1n) is 9.59. The number of alkyl halides is 3. The molecule has 33 heavy (non-hydrogen) atoms. The highest BCUT2D eigenvalue weighted by Gasteiger charge is 2.34. The van der Waals surface area contributed by atoms with E-state index in [-0.39, 0.29) is 16.6 Å². The number of carbonyl (C=O) groups excluding carboxylic acids is 1. The molecule has 0 saturated carbocycles. The van der Waals surface area contributed by atoms with Crippen LogP contribution in [-0.2, 0) is 26.4 Å². The lowest BCUT2D eigenvalue weighted by molar-refractivity contribution is -0.141. The number of anilines is 2. The predicted molar refractivity (Wildman–Crippen MR) is 119 cm³/mol. The fourth-order valence-corrected chi connectivity index (χ4v) is 4.33. The molecule has 8 nitrogen and oxygen atoms in total. The second-order valence-electron chi connectivity index (χ2n) is 7.49. The normalized spacial score (nSPS) is 12.4. The maximum atomic E-state index is 12.9. The molecule has 2 heterocycles. The molecular formula is C20H20F3N5O3S2. The van der Waals surface area contributed by atoms with Gasteiger partial charge in [0.2, 0.25) is 15.9 Å². The number of benzene rings is 1. The van der Waals surface area contributed by atoms with Gasteiger partial charge in [-0.25, -0.2) is 18.4 Å². The summed E-state index contributed by atoms with van der Waals surface area (Å²) in [6, 6.07) is 6.11. The molecule has 13 heteroatoms. The molecule has 3 rings (SSSR count). The molecule has 1 aromatic carbocycles. The summed E-state index contributed by atoms with van der Waals surface area (Å²) in [6.07, 6.45) is -2.73. The van der Waals surface area contributed by atoms with Crippen LogP contribution in [-0.4, -0.2) is 35.0 Å². The van der Waals surface area contributed by atoms with Crippen LogP contribution >= 0.6 is 11.3 Å². The molecule has 0 aliphatic carbocycles. The van der Waals surface area contributed by atoms with Gasteiger partial charge >= 0.3 is 6.18 Å². The lowest BCUT2D eigenvalue weighted by Crippen LogP contribution is -2.35. The molecule has 176 valence electrons. The molecule has 0 fully saturated rings. The van der Waals surface area contributed by atoms with Crippen LogP contribution in [0.3, 0.4) is 0 Å². The van der Waals surface area contributed by atoms with E-state index < -0.39 is 33.2 Å². The summed E-state index contributed by atoms with van der Waals surface area (Å²) in [5, 5.41) is 4.50. The zero-order valence-electron chi connectivity index (χ0n) is 17.8. The lowest BCUT2D eigenvalue weighted by Gasteiger charge is -2.21. The van der Waals surface area contributed by atoms with Crippen LogP contribution in [0.2, 0.25) is 0 Å². The van der Waals surface area contributed by atoms with Crippen molar-refractivity contribution in [1.82, 2.24) is 15.0 Å². The van der Waals surface area contributed by atoms with E-state index >= 15 is 0 Å². The average Bonchev–Trinajstić information content (AvgIpc) is 3.22. The van der Waals surface area contributed by atoms with E-state index in [1.165, 1.54) is 37.4 Å². The molecule has 3 aromatic rings. The van der Waals surface area contributed by atoms with E-state index in [1.54, 1.807) is 19.2 Å². The zero-order chi connectivity index (χ0) is 24.4. The Kier molecular flexibility index (Phi) is 6.75. The summed E-state index contributed by atoms with van der Waals surface area (Å²) in [5.41, 5.74) is -0.931. The fraction of sp³-hybridized carbons (Fsp3) is 0.300. The molecule has 0 saturated heterocycles. The Balaban J connectivity index is 1.73. The number of halogens is 3. The number of nitrogens with zero attached hydrogens (tertiary/aromatic N) is 3. The Hall–Kier alpha value is -3.06. The number of rotatable bonds is 7. The van der Waals surface area contributed by atoms with Crippen molar-refractivity contribution in [3.63, 3.8) is 0 Å². The van der Waals surface area contributed by atoms with Crippen molar-refractivity contribution in [2.24, 2.45) is 0 Å². The lowest BCUT2D eigenvalue weighted by atomic mass is 9.89. The van der Waals surface area contributed by atoms with Crippen LogP contribution in [0.1, 0.15) is 32.2 Å². The van der Waals surface area contributed by atoms with Gasteiger partial charge in [-0.2, -0.15) is 13.2 Å². The minimum absolute atomic E-state index is 0.0487. The summed E-state index contributed by atoms with van der Waals surface area (Å²) >= 11 is 1.07. The molecule has 0 bridgehead atoms.